The minimum atomic E-state index is -0.270. The second-order valence-corrected chi connectivity index (χ2v) is 3.83. The lowest BCUT2D eigenvalue weighted by atomic mass is 9.98. The summed E-state index contributed by atoms with van der Waals surface area (Å²) in [6, 6.07) is 0. The Hall–Kier alpha value is -0.860. The maximum absolute atomic E-state index is 11.5. The van der Waals surface area contributed by atoms with Gasteiger partial charge >= 0.3 is 5.97 Å². The third kappa shape index (κ3) is 7.11. The van der Waals surface area contributed by atoms with Crippen LogP contribution in [-0.4, -0.2) is 18.4 Å². The molecule has 0 aromatic heterocycles. The Labute approximate surface area is 92.2 Å². The number of hydrogen-bond donors (Lipinski definition) is 0. The average molecular weight is 214 g/mol. The molecule has 15 heavy (non-hydrogen) atoms. The second kappa shape index (κ2) is 8.45. The molecule has 1 atom stereocenters. The normalized spacial score (nSPS) is 12.2. The van der Waals surface area contributed by atoms with Gasteiger partial charge in [0.25, 0.3) is 0 Å². The lowest BCUT2D eigenvalue weighted by molar-refractivity contribution is -0.145. The number of Topliss-reactive ketones (excluding diaryl/α,β-unsaturated/α-hetero) is 1. The van der Waals surface area contributed by atoms with Crippen molar-refractivity contribution in [3.63, 3.8) is 0 Å². The number of rotatable bonds is 8. The number of ketones is 1. The van der Waals surface area contributed by atoms with E-state index in [2.05, 4.69) is 6.92 Å². The number of carbonyl (C=O) groups excluding carboxylic acids is 2. The van der Waals surface area contributed by atoms with Crippen molar-refractivity contribution in [3.8, 4) is 0 Å². The molecule has 0 aliphatic rings. The molecule has 0 bridgehead atoms. The van der Waals surface area contributed by atoms with Gasteiger partial charge in [-0.2, -0.15) is 0 Å². The van der Waals surface area contributed by atoms with E-state index in [1.807, 2.05) is 0 Å². The van der Waals surface area contributed by atoms with Crippen LogP contribution in [0, 0.1) is 5.92 Å². The third-order valence-corrected chi connectivity index (χ3v) is 2.35. The molecule has 0 N–H and O–H groups in total. The SMILES string of the molecule is CCCCCC(=O)C(C)CC(=O)OCC. The Morgan fingerprint density at radius 1 is 1.20 bits per heavy atom. The highest BCUT2D eigenvalue weighted by Crippen LogP contribution is 2.10. The summed E-state index contributed by atoms with van der Waals surface area (Å²) < 4.78 is 4.80. The highest BCUT2D eigenvalue weighted by atomic mass is 16.5. The summed E-state index contributed by atoms with van der Waals surface area (Å²) in [5.41, 5.74) is 0. The van der Waals surface area contributed by atoms with Crippen molar-refractivity contribution in [3.05, 3.63) is 0 Å². The van der Waals surface area contributed by atoms with E-state index in [-0.39, 0.29) is 24.1 Å². The summed E-state index contributed by atoms with van der Waals surface area (Å²) in [5, 5.41) is 0. The van der Waals surface area contributed by atoms with Crippen LogP contribution >= 0.6 is 0 Å². The van der Waals surface area contributed by atoms with Crippen LogP contribution in [-0.2, 0) is 14.3 Å². The molecule has 0 rings (SSSR count). The first-order valence-corrected chi connectivity index (χ1v) is 5.80. The third-order valence-electron chi connectivity index (χ3n) is 2.35. The quantitative estimate of drug-likeness (QED) is 0.461. The average Bonchev–Trinajstić information content (AvgIpc) is 2.18. The van der Waals surface area contributed by atoms with Crippen LogP contribution in [0.5, 0.6) is 0 Å². The summed E-state index contributed by atoms with van der Waals surface area (Å²) in [7, 11) is 0. The molecular weight excluding hydrogens is 192 g/mol. The van der Waals surface area contributed by atoms with Gasteiger partial charge in [0.1, 0.15) is 5.78 Å². The van der Waals surface area contributed by atoms with Crippen molar-refractivity contribution < 1.29 is 14.3 Å². The van der Waals surface area contributed by atoms with Gasteiger partial charge in [0.15, 0.2) is 0 Å². The van der Waals surface area contributed by atoms with Crippen LogP contribution in [0.15, 0.2) is 0 Å². The van der Waals surface area contributed by atoms with E-state index in [0.717, 1.165) is 19.3 Å². The molecule has 0 saturated carbocycles. The zero-order chi connectivity index (χ0) is 11.7. The molecule has 0 aromatic rings. The van der Waals surface area contributed by atoms with E-state index in [1.54, 1.807) is 13.8 Å². The lowest BCUT2D eigenvalue weighted by Crippen LogP contribution is -2.17. The number of carbonyl (C=O) groups is 2. The van der Waals surface area contributed by atoms with Gasteiger partial charge < -0.3 is 4.74 Å². The molecule has 0 aromatic carbocycles. The molecule has 1 unspecified atom stereocenters. The molecule has 3 heteroatoms. The summed E-state index contributed by atoms with van der Waals surface area (Å²) in [6.07, 6.45) is 3.94. The van der Waals surface area contributed by atoms with E-state index >= 15 is 0 Å². The first-order valence-electron chi connectivity index (χ1n) is 5.80. The van der Waals surface area contributed by atoms with Gasteiger partial charge in [0, 0.05) is 12.3 Å². The van der Waals surface area contributed by atoms with Crippen LogP contribution in [0.4, 0.5) is 0 Å². The molecule has 0 spiro atoms. The minimum absolute atomic E-state index is 0.177. The second-order valence-electron chi connectivity index (χ2n) is 3.83. The van der Waals surface area contributed by atoms with Crippen molar-refractivity contribution in [2.24, 2.45) is 5.92 Å². The van der Waals surface area contributed by atoms with Crippen molar-refractivity contribution in [1.29, 1.82) is 0 Å². The van der Waals surface area contributed by atoms with Crippen LogP contribution in [0.1, 0.15) is 52.9 Å². The van der Waals surface area contributed by atoms with E-state index in [4.69, 9.17) is 4.74 Å². The molecule has 0 fully saturated rings. The van der Waals surface area contributed by atoms with Crippen molar-refractivity contribution in [1.82, 2.24) is 0 Å². The van der Waals surface area contributed by atoms with E-state index < -0.39 is 0 Å². The molecule has 3 nitrogen and oxygen atoms in total. The monoisotopic (exact) mass is 214 g/mol. The maximum atomic E-state index is 11.5. The Bertz CT molecular complexity index is 199. The number of hydrogen-bond acceptors (Lipinski definition) is 3. The van der Waals surface area contributed by atoms with Gasteiger partial charge in [-0.3, -0.25) is 9.59 Å². The zero-order valence-electron chi connectivity index (χ0n) is 10.0. The maximum Gasteiger partial charge on any atom is 0.306 e. The van der Waals surface area contributed by atoms with Crippen molar-refractivity contribution >= 4 is 11.8 Å². The van der Waals surface area contributed by atoms with Crippen LogP contribution in [0.3, 0.4) is 0 Å². The Kier molecular flexibility index (Phi) is 7.96. The van der Waals surface area contributed by atoms with Gasteiger partial charge in [-0.15, -0.1) is 0 Å². The molecule has 0 radical (unpaired) electrons. The number of esters is 1. The Balaban J connectivity index is 3.73. The summed E-state index contributed by atoms with van der Waals surface area (Å²) in [5.74, 6) is -0.286. The van der Waals surface area contributed by atoms with E-state index in [9.17, 15) is 9.59 Å². The van der Waals surface area contributed by atoms with Crippen LogP contribution < -0.4 is 0 Å². The number of ether oxygens (including phenoxy) is 1. The predicted molar refractivity (Wildman–Crippen MR) is 59.6 cm³/mol. The topological polar surface area (TPSA) is 43.4 Å². The molecule has 0 heterocycles. The predicted octanol–water partition coefficient (Wildman–Crippen LogP) is 2.73. The fourth-order valence-corrected chi connectivity index (χ4v) is 1.38. The van der Waals surface area contributed by atoms with Gasteiger partial charge in [0.05, 0.1) is 13.0 Å². The standard InChI is InChI=1S/C12H22O3/c1-4-6-7-8-11(13)10(3)9-12(14)15-5-2/h10H,4-9H2,1-3H3. The summed E-state index contributed by atoms with van der Waals surface area (Å²) in [4.78, 5) is 22.7. The van der Waals surface area contributed by atoms with Crippen molar-refractivity contribution in [2.45, 2.75) is 52.9 Å². The van der Waals surface area contributed by atoms with Crippen LogP contribution in [0.25, 0.3) is 0 Å². The first-order chi connectivity index (χ1) is 7.11. The van der Waals surface area contributed by atoms with Gasteiger partial charge in [-0.1, -0.05) is 26.7 Å². The molecule has 88 valence electrons. The fourth-order valence-electron chi connectivity index (χ4n) is 1.38. The molecule has 0 aliphatic carbocycles. The van der Waals surface area contributed by atoms with Crippen molar-refractivity contribution in [2.75, 3.05) is 6.61 Å². The summed E-state index contributed by atoms with van der Waals surface area (Å²) in [6.45, 7) is 6.05. The molecule has 0 amide bonds. The first kappa shape index (κ1) is 14.1. The van der Waals surface area contributed by atoms with E-state index in [0.29, 0.717) is 13.0 Å². The smallest absolute Gasteiger partial charge is 0.306 e. The Morgan fingerprint density at radius 2 is 1.87 bits per heavy atom. The summed E-state index contributed by atoms with van der Waals surface area (Å²) >= 11 is 0. The molecular formula is C12H22O3. The minimum Gasteiger partial charge on any atom is -0.466 e. The van der Waals surface area contributed by atoms with E-state index in [1.165, 1.54) is 0 Å². The highest BCUT2D eigenvalue weighted by molar-refractivity contribution is 5.84. The molecule has 0 aliphatic heterocycles. The fraction of sp³-hybridized carbons (Fsp3) is 0.833. The van der Waals surface area contributed by atoms with Crippen LogP contribution in [0.2, 0.25) is 0 Å². The van der Waals surface area contributed by atoms with Gasteiger partial charge in [0.2, 0.25) is 0 Å². The van der Waals surface area contributed by atoms with Gasteiger partial charge in [-0.05, 0) is 13.3 Å². The lowest BCUT2D eigenvalue weighted by Gasteiger charge is -2.09. The molecule has 0 saturated heterocycles. The highest BCUT2D eigenvalue weighted by Gasteiger charge is 2.16. The largest absolute Gasteiger partial charge is 0.466 e. The zero-order valence-corrected chi connectivity index (χ0v) is 10.0. The Morgan fingerprint density at radius 3 is 2.40 bits per heavy atom. The van der Waals surface area contributed by atoms with Gasteiger partial charge in [-0.25, -0.2) is 0 Å². The number of unbranched alkanes of at least 4 members (excludes halogenated alkanes) is 2.